The average molecular weight is 1070 g/mol. The van der Waals surface area contributed by atoms with Crippen molar-refractivity contribution in [2.75, 3.05) is 13.2 Å². The van der Waals surface area contributed by atoms with Crippen LogP contribution in [-0.2, 0) is 14.3 Å². The van der Waals surface area contributed by atoms with Gasteiger partial charge in [-0.25, -0.2) is 0 Å². The van der Waals surface area contributed by atoms with Crippen LogP contribution < -0.4 is 5.32 Å². The first-order valence-corrected chi connectivity index (χ1v) is 34.9. The van der Waals surface area contributed by atoms with Crippen molar-refractivity contribution in [2.45, 2.75) is 411 Å². The Kier molecular flexibility index (Phi) is 64.9. The Bertz CT molecular complexity index is 1140. The van der Waals surface area contributed by atoms with Crippen LogP contribution in [0, 0.1) is 0 Å². The maximum Gasteiger partial charge on any atom is 0.305 e. The molecule has 0 rings (SSSR count). The van der Waals surface area contributed by atoms with E-state index in [4.69, 9.17) is 4.74 Å². The standard InChI is InChI=1S/C70H137NO5/c1-3-5-7-9-11-13-15-17-18-19-33-36-39-42-46-50-54-58-62-68(73)67(66-72)71-69(74)63-59-55-51-47-43-40-37-34-31-29-27-25-23-21-20-22-24-26-28-30-32-35-38-41-45-49-53-57-61-65-76-70(75)64-60-56-52-48-44-16-14-12-10-8-6-4-2/h12,14,67-68,72-73H,3-11,13,15-66H2,1-2H3,(H,71,74)/b14-12-. The van der Waals surface area contributed by atoms with E-state index in [-0.39, 0.29) is 18.5 Å². The average Bonchev–Trinajstić information content (AvgIpc) is 3.42. The minimum atomic E-state index is -0.661. The fourth-order valence-electron chi connectivity index (χ4n) is 11.2. The summed E-state index contributed by atoms with van der Waals surface area (Å²) in [6, 6.07) is -0.538. The zero-order valence-corrected chi connectivity index (χ0v) is 51.8. The van der Waals surface area contributed by atoms with Gasteiger partial charge in [0.2, 0.25) is 5.91 Å². The second-order valence-electron chi connectivity index (χ2n) is 24.2. The molecule has 0 aromatic carbocycles. The van der Waals surface area contributed by atoms with Crippen LogP contribution in [-0.4, -0.2) is 47.4 Å². The van der Waals surface area contributed by atoms with Crippen molar-refractivity contribution in [2.24, 2.45) is 0 Å². The predicted molar refractivity (Wildman–Crippen MR) is 333 cm³/mol. The lowest BCUT2D eigenvalue weighted by Gasteiger charge is -2.22. The molecule has 3 N–H and O–H groups in total. The Hall–Kier alpha value is -1.40. The zero-order valence-electron chi connectivity index (χ0n) is 51.8. The van der Waals surface area contributed by atoms with Gasteiger partial charge in [-0.2, -0.15) is 0 Å². The van der Waals surface area contributed by atoms with Gasteiger partial charge in [0.15, 0.2) is 0 Å². The van der Waals surface area contributed by atoms with Crippen LogP contribution in [0.15, 0.2) is 12.2 Å². The third-order valence-electron chi connectivity index (χ3n) is 16.6. The third-order valence-corrected chi connectivity index (χ3v) is 16.6. The molecule has 452 valence electrons. The van der Waals surface area contributed by atoms with Crippen LogP contribution in [0.25, 0.3) is 0 Å². The summed E-state index contributed by atoms with van der Waals surface area (Å²) >= 11 is 0. The van der Waals surface area contributed by atoms with E-state index in [9.17, 15) is 19.8 Å². The minimum Gasteiger partial charge on any atom is -0.466 e. The second kappa shape index (κ2) is 66.1. The Morgan fingerprint density at radius 3 is 0.961 bits per heavy atom. The summed E-state index contributed by atoms with van der Waals surface area (Å²) in [5.74, 6) is -0.0170. The lowest BCUT2D eigenvalue weighted by molar-refractivity contribution is -0.143. The normalized spacial score (nSPS) is 12.5. The number of unbranched alkanes of at least 4 members (excludes halogenated alkanes) is 53. The lowest BCUT2D eigenvalue weighted by atomic mass is 10.0. The lowest BCUT2D eigenvalue weighted by Crippen LogP contribution is -2.45. The van der Waals surface area contributed by atoms with E-state index in [2.05, 4.69) is 31.3 Å². The predicted octanol–water partition coefficient (Wildman–Crippen LogP) is 22.4. The Labute approximate surface area is 476 Å². The van der Waals surface area contributed by atoms with Crippen LogP contribution in [0.3, 0.4) is 0 Å². The molecule has 76 heavy (non-hydrogen) atoms. The monoisotopic (exact) mass is 1070 g/mol. The Balaban J connectivity index is 3.34. The smallest absolute Gasteiger partial charge is 0.305 e. The molecule has 0 aromatic heterocycles. The molecule has 2 unspecified atom stereocenters. The topological polar surface area (TPSA) is 95.9 Å². The summed E-state index contributed by atoms with van der Waals surface area (Å²) in [4.78, 5) is 24.6. The molecule has 2 atom stereocenters. The number of ether oxygens (including phenoxy) is 1. The molecule has 6 heteroatoms. The number of hydrogen-bond acceptors (Lipinski definition) is 5. The maximum absolute atomic E-state index is 12.5. The molecule has 0 aromatic rings. The van der Waals surface area contributed by atoms with Crippen molar-refractivity contribution in [3.8, 4) is 0 Å². The maximum atomic E-state index is 12.5. The quantitative estimate of drug-likeness (QED) is 0.0320. The van der Waals surface area contributed by atoms with Gasteiger partial charge < -0.3 is 20.3 Å². The highest BCUT2D eigenvalue weighted by molar-refractivity contribution is 5.76. The van der Waals surface area contributed by atoms with Crippen molar-refractivity contribution in [1.29, 1.82) is 0 Å². The Morgan fingerprint density at radius 1 is 0.355 bits per heavy atom. The molecular formula is C70H137NO5. The molecule has 0 aliphatic heterocycles. The third kappa shape index (κ3) is 61.8. The molecule has 0 heterocycles. The first-order valence-electron chi connectivity index (χ1n) is 34.9. The number of amides is 1. The van der Waals surface area contributed by atoms with Gasteiger partial charge in [0, 0.05) is 12.8 Å². The molecular weight excluding hydrogens is 935 g/mol. The molecule has 0 radical (unpaired) electrons. The Morgan fingerprint density at radius 2 is 0.618 bits per heavy atom. The summed E-state index contributed by atoms with van der Waals surface area (Å²) < 4.78 is 5.48. The number of esters is 1. The van der Waals surface area contributed by atoms with Crippen LogP contribution in [0.5, 0.6) is 0 Å². The van der Waals surface area contributed by atoms with Gasteiger partial charge in [-0.1, -0.05) is 347 Å². The van der Waals surface area contributed by atoms with Gasteiger partial charge in [0.1, 0.15) is 0 Å². The largest absolute Gasteiger partial charge is 0.466 e. The molecule has 0 fully saturated rings. The fraction of sp³-hybridized carbons (Fsp3) is 0.943. The molecule has 0 saturated heterocycles. The van der Waals surface area contributed by atoms with E-state index in [1.165, 1.54) is 321 Å². The summed E-state index contributed by atoms with van der Waals surface area (Å²) in [7, 11) is 0. The highest BCUT2D eigenvalue weighted by atomic mass is 16.5. The van der Waals surface area contributed by atoms with Gasteiger partial charge >= 0.3 is 5.97 Å². The van der Waals surface area contributed by atoms with Gasteiger partial charge in [0.25, 0.3) is 0 Å². The SMILES string of the molecule is CCCCC/C=C\CCCCCCCC(=O)OCCCCCCCCCCCCCCCCCCCCCCCCCCCCCCCC(=O)NC(CO)C(O)CCCCCCCCCCCCCCCCCCCC. The van der Waals surface area contributed by atoms with E-state index >= 15 is 0 Å². The van der Waals surface area contributed by atoms with E-state index in [1.54, 1.807) is 0 Å². The highest BCUT2D eigenvalue weighted by Crippen LogP contribution is 2.19. The summed E-state index contributed by atoms with van der Waals surface area (Å²) in [5.41, 5.74) is 0. The number of hydrogen-bond donors (Lipinski definition) is 3. The van der Waals surface area contributed by atoms with Crippen LogP contribution in [0.4, 0.5) is 0 Å². The fourth-order valence-corrected chi connectivity index (χ4v) is 11.2. The van der Waals surface area contributed by atoms with Crippen molar-refractivity contribution in [3.63, 3.8) is 0 Å². The van der Waals surface area contributed by atoms with Gasteiger partial charge in [-0.05, 0) is 51.4 Å². The molecule has 0 bridgehead atoms. The summed E-state index contributed by atoms with van der Waals surface area (Å²) in [6.45, 7) is 4.97. The van der Waals surface area contributed by atoms with Crippen LogP contribution >= 0.6 is 0 Å². The number of allylic oxidation sites excluding steroid dienone is 2. The summed E-state index contributed by atoms with van der Waals surface area (Å²) in [5, 5.41) is 23.4. The van der Waals surface area contributed by atoms with E-state index in [0.29, 0.717) is 25.9 Å². The zero-order chi connectivity index (χ0) is 55.0. The van der Waals surface area contributed by atoms with E-state index < -0.39 is 12.1 Å². The molecule has 6 nitrogen and oxygen atoms in total. The number of nitrogens with one attached hydrogen (secondary N) is 1. The first kappa shape index (κ1) is 74.6. The number of rotatable bonds is 66. The number of carbonyl (C=O) groups is 2. The molecule has 0 saturated carbocycles. The molecule has 1 amide bonds. The number of aliphatic hydroxyl groups is 2. The first-order chi connectivity index (χ1) is 37.5. The molecule has 0 spiro atoms. The second-order valence-corrected chi connectivity index (χ2v) is 24.2. The molecule has 0 aliphatic carbocycles. The highest BCUT2D eigenvalue weighted by Gasteiger charge is 2.20. The van der Waals surface area contributed by atoms with Gasteiger partial charge in [0.05, 0.1) is 25.4 Å². The number of carbonyl (C=O) groups excluding carboxylic acids is 2. The van der Waals surface area contributed by atoms with Gasteiger partial charge in [-0.3, -0.25) is 9.59 Å². The van der Waals surface area contributed by atoms with Crippen molar-refractivity contribution in [3.05, 3.63) is 12.2 Å². The number of aliphatic hydroxyl groups excluding tert-OH is 2. The van der Waals surface area contributed by atoms with Crippen molar-refractivity contribution < 1.29 is 24.5 Å². The van der Waals surface area contributed by atoms with Gasteiger partial charge in [-0.15, -0.1) is 0 Å². The summed E-state index contributed by atoms with van der Waals surface area (Å²) in [6.07, 6.45) is 81.2. The van der Waals surface area contributed by atoms with E-state index in [0.717, 1.165) is 44.9 Å². The van der Waals surface area contributed by atoms with Crippen LogP contribution in [0.2, 0.25) is 0 Å². The minimum absolute atomic E-state index is 0.0102. The van der Waals surface area contributed by atoms with Crippen molar-refractivity contribution in [1.82, 2.24) is 5.32 Å². The van der Waals surface area contributed by atoms with Crippen LogP contribution in [0.1, 0.15) is 399 Å². The molecule has 0 aliphatic rings. The van der Waals surface area contributed by atoms with E-state index in [1.807, 2.05) is 0 Å². The van der Waals surface area contributed by atoms with Crippen molar-refractivity contribution >= 4 is 11.9 Å².